The van der Waals surface area contributed by atoms with Gasteiger partial charge in [-0.2, -0.15) is 0 Å². The molecule has 0 fully saturated rings. The van der Waals surface area contributed by atoms with Crippen LogP contribution in [0.5, 0.6) is 0 Å². The fraction of sp³-hybridized carbons (Fsp3) is 0.364. The third-order valence-electron chi connectivity index (χ3n) is 1.77. The lowest BCUT2D eigenvalue weighted by molar-refractivity contribution is -0.167. The normalized spacial score (nSPS) is 11.6. The minimum absolute atomic E-state index is 0.233. The first kappa shape index (κ1) is 12.2. The van der Waals surface area contributed by atoms with Gasteiger partial charge < -0.3 is 9.47 Å². The van der Waals surface area contributed by atoms with Gasteiger partial charge in [-0.15, -0.1) is 0 Å². The quantitative estimate of drug-likeness (QED) is 0.719. The first-order valence-corrected chi connectivity index (χ1v) is 4.89. The number of hydrogen-bond donors (Lipinski definition) is 0. The first-order chi connectivity index (χ1) is 7.65. The van der Waals surface area contributed by atoms with Crippen LogP contribution in [0.25, 0.3) is 0 Å². The minimum Gasteiger partial charge on any atom is -0.463 e. The molecule has 1 atom stereocenters. The zero-order valence-corrected chi connectivity index (χ0v) is 9.17. The molecule has 1 aromatic rings. The van der Waals surface area contributed by atoms with Gasteiger partial charge in [0.1, 0.15) is 0 Å². The highest BCUT2D eigenvalue weighted by molar-refractivity contribution is 5.79. The Kier molecular flexibility index (Phi) is 4.44. The fourth-order valence-electron chi connectivity index (χ4n) is 1.17. The summed E-state index contributed by atoms with van der Waals surface area (Å²) in [5.74, 6) is -1.13. The summed E-state index contributed by atoms with van der Waals surface area (Å²) in [6.07, 6.45) is 2.00. The standard InChI is InChI=1S/C11H13NO4/c1-3-15-11(14)10(16-8(2)13)9-5-4-6-12-7-9/h4-7,10H,3H2,1-2H3/t10-/m0/s1. The van der Waals surface area contributed by atoms with Gasteiger partial charge in [0.25, 0.3) is 0 Å². The van der Waals surface area contributed by atoms with Crippen molar-refractivity contribution >= 4 is 11.9 Å². The van der Waals surface area contributed by atoms with Crippen molar-refractivity contribution in [1.29, 1.82) is 0 Å². The van der Waals surface area contributed by atoms with Crippen LogP contribution in [-0.4, -0.2) is 23.5 Å². The number of carbonyl (C=O) groups is 2. The number of pyridine rings is 1. The number of rotatable bonds is 4. The van der Waals surface area contributed by atoms with Crippen LogP contribution >= 0.6 is 0 Å². The summed E-state index contributed by atoms with van der Waals surface area (Å²) in [5.41, 5.74) is 0.496. The Balaban J connectivity index is 2.87. The van der Waals surface area contributed by atoms with Gasteiger partial charge in [0.15, 0.2) is 0 Å². The Morgan fingerprint density at radius 3 is 2.75 bits per heavy atom. The SMILES string of the molecule is CCOC(=O)[C@@H](OC(C)=O)c1cccnc1. The van der Waals surface area contributed by atoms with E-state index in [1.807, 2.05) is 0 Å². The van der Waals surface area contributed by atoms with Gasteiger partial charge in [-0.1, -0.05) is 6.07 Å². The lowest BCUT2D eigenvalue weighted by Crippen LogP contribution is -2.21. The molecule has 86 valence electrons. The summed E-state index contributed by atoms with van der Waals surface area (Å²) in [6.45, 7) is 3.16. The molecular formula is C11H13NO4. The highest BCUT2D eigenvalue weighted by Crippen LogP contribution is 2.18. The van der Waals surface area contributed by atoms with E-state index in [0.29, 0.717) is 5.56 Å². The van der Waals surface area contributed by atoms with E-state index < -0.39 is 18.0 Å². The first-order valence-electron chi connectivity index (χ1n) is 4.89. The maximum absolute atomic E-state index is 11.6. The number of carbonyl (C=O) groups excluding carboxylic acids is 2. The lowest BCUT2D eigenvalue weighted by Gasteiger charge is -2.15. The van der Waals surface area contributed by atoms with Gasteiger partial charge in [0, 0.05) is 24.9 Å². The van der Waals surface area contributed by atoms with Gasteiger partial charge in [-0.05, 0) is 13.0 Å². The summed E-state index contributed by atoms with van der Waals surface area (Å²) in [6, 6.07) is 3.31. The molecule has 5 heteroatoms. The van der Waals surface area contributed by atoms with E-state index in [9.17, 15) is 9.59 Å². The predicted molar refractivity (Wildman–Crippen MR) is 55.4 cm³/mol. The molecule has 0 aliphatic rings. The third-order valence-corrected chi connectivity index (χ3v) is 1.77. The van der Waals surface area contributed by atoms with E-state index in [4.69, 9.17) is 9.47 Å². The van der Waals surface area contributed by atoms with Crippen molar-refractivity contribution in [2.75, 3.05) is 6.61 Å². The average Bonchev–Trinajstić information content (AvgIpc) is 2.27. The molecule has 1 rings (SSSR count). The molecule has 0 bridgehead atoms. The topological polar surface area (TPSA) is 65.5 Å². The highest BCUT2D eigenvalue weighted by Gasteiger charge is 2.25. The summed E-state index contributed by atoms with van der Waals surface area (Å²) >= 11 is 0. The van der Waals surface area contributed by atoms with E-state index in [1.54, 1.807) is 25.3 Å². The zero-order chi connectivity index (χ0) is 12.0. The predicted octanol–water partition coefficient (Wildman–Crippen LogP) is 1.25. The van der Waals surface area contributed by atoms with Crippen molar-refractivity contribution in [3.63, 3.8) is 0 Å². The van der Waals surface area contributed by atoms with Crippen LogP contribution in [0, 0.1) is 0 Å². The van der Waals surface area contributed by atoms with Gasteiger partial charge >= 0.3 is 11.9 Å². The number of aromatic nitrogens is 1. The minimum atomic E-state index is -1.04. The number of nitrogens with zero attached hydrogens (tertiary/aromatic N) is 1. The van der Waals surface area contributed by atoms with Crippen molar-refractivity contribution in [3.8, 4) is 0 Å². The van der Waals surface area contributed by atoms with Crippen LogP contribution in [0.3, 0.4) is 0 Å². The Bertz CT molecular complexity index is 364. The highest BCUT2D eigenvalue weighted by atomic mass is 16.6. The largest absolute Gasteiger partial charge is 0.463 e. The lowest BCUT2D eigenvalue weighted by atomic mass is 10.1. The average molecular weight is 223 g/mol. The van der Waals surface area contributed by atoms with Crippen LogP contribution in [0.2, 0.25) is 0 Å². The fourth-order valence-corrected chi connectivity index (χ4v) is 1.17. The molecule has 1 aromatic heterocycles. The second-order valence-corrected chi connectivity index (χ2v) is 3.03. The van der Waals surface area contributed by atoms with Gasteiger partial charge in [0.05, 0.1) is 6.61 Å². The summed E-state index contributed by atoms with van der Waals surface area (Å²) in [4.78, 5) is 26.3. The Labute approximate surface area is 93.4 Å². The van der Waals surface area contributed by atoms with Crippen molar-refractivity contribution in [1.82, 2.24) is 4.98 Å². The van der Waals surface area contributed by atoms with Crippen LogP contribution in [0.1, 0.15) is 25.5 Å². The van der Waals surface area contributed by atoms with Gasteiger partial charge in [-0.25, -0.2) is 4.79 Å². The number of ether oxygens (including phenoxy) is 2. The second-order valence-electron chi connectivity index (χ2n) is 3.03. The molecule has 0 saturated carbocycles. The molecule has 16 heavy (non-hydrogen) atoms. The molecule has 0 N–H and O–H groups in total. The van der Waals surface area contributed by atoms with Crippen LogP contribution < -0.4 is 0 Å². The molecule has 5 nitrogen and oxygen atoms in total. The van der Waals surface area contributed by atoms with Crippen molar-refractivity contribution in [2.24, 2.45) is 0 Å². The number of hydrogen-bond acceptors (Lipinski definition) is 5. The molecule has 0 aliphatic carbocycles. The molecule has 0 saturated heterocycles. The molecule has 0 unspecified atom stereocenters. The van der Waals surface area contributed by atoms with Crippen LogP contribution in [0.15, 0.2) is 24.5 Å². The van der Waals surface area contributed by atoms with Gasteiger partial charge in [-0.3, -0.25) is 9.78 Å². The Morgan fingerprint density at radius 1 is 1.50 bits per heavy atom. The molecule has 0 amide bonds. The van der Waals surface area contributed by atoms with Crippen molar-refractivity contribution in [3.05, 3.63) is 30.1 Å². The Hall–Kier alpha value is -1.91. The van der Waals surface area contributed by atoms with Gasteiger partial charge in [0.2, 0.25) is 6.10 Å². The smallest absolute Gasteiger partial charge is 0.352 e. The number of esters is 2. The van der Waals surface area contributed by atoms with E-state index in [0.717, 1.165) is 0 Å². The van der Waals surface area contributed by atoms with E-state index >= 15 is 0 Å². The second kappa shape index (κ2) is 5.85. The maximum Gasteiger partial charge on any atom is 0.352 e. The molecule has 0 radical (unpaired) electrons. The monoisotopic (exact) mass is 223 g/mol. The molecule has 0 spiro atoms. The maximum atomic E-state index is 11.6. The molecular weight excluding hydrogens is 210 g/mol. The third kappa shape index (κ3) is 3.34. The molecule has 1 heterocycles. The summed E-state index contributed by atoms with van der Waals surface area (Å²) < 4.78 is 9.71. The van der Waals surface area contributed by atoms with E-state index in [2.05, 4.69) is 4.98 Å². The van der Waals surface area contributed by atoms with E-state index in [-0.39, 0.29) is 6.61 Å². The Morgan fingerprint density at radius 2 is 2.25 bits per heavy atom. The molecule has 0 aromatic carbocycles. The summed E-state index contributed by atoms with van der Waals surface area (Å²) in [7, 11) is 0. The van der Waals surface area contributed by atoms with Crippen LogP contribution in [0.4, 0.5) is 0 Å². The molecule has 0 aliphatic heterocycles. The van der Waals surface area contributed by atoms with E-state index in [1.165, 1.54) is 13.1 Å². The van der Waals surface area contributed by atoms with Crippen LogP contribution in [-0.2, 0) is 19.1 Å². The zero-order valence-electron chi connectivity index (χ0n) is 9.17. The van der Waals surface area contributed by atoms with Crippen molar-refractivity contribution < 1.29 is 19.1 Å². The summed E-state index contributed by atoms with van der Waals surface area (Å²) in [5, 5.41) is 0. The van der Waals surface area contributed by atoms with Crippen molar-refractivity contribution in [2.45, 2.75) is 20.0 Å².